The van der Waals surface area contributed by atoms with Crippen molar-refractivity contribution in [3.63, 3.8) is 0 Å². The highest BCUT2D eigenvalue weighted by atomic mass is 32.2. The number of hydrogen-bond donors (Lipinski definition) is 1. The summed E-state index contributed by atoms with van der Waals surface area (Å²) in [4.78, 5) is 26.6. The number of thiophene rings is 2. The number of thiocarbonyl (C=S) groups is 1. The van der Waals surface area contributed by atoms with E-state index in [4.69, 9.17) is 12.2 Å². The molecular weight excluding hydrogens is 324 g/mol. The first-order valence-corrected chi connectivity index (χ1v) is 8.17. The summed E-state index contributed by atoms with van der Waals surface area (Å²) in [5, 5.41) is 5.79. The monoisotopic (exact) mass is 334 g/mol. The molecule has 106 valence electrons. The van der Waals surface area contributed by atoms with Crippen LogP contribution in [0.15, 0.2) is 35.7 Å². The van der Waals surface area contributed by atoms with Crippen molar-refractivity contribution in [2.24, 2.45) is 0 Å². The third-order valence-corrected chi connectivity index (χ3v) is 5.43. The van der Waals surface area contributed by atoms with Crippen LogP contribution in [0.5, 0.6) is 0 Å². The molecule has 2 amide bonds. The van der Waals surface area contributed by atoms with Gasteiger partial charge in [-0.15, -0.1) is 29.3 Å². The Morgan fingerprint density at radius 3 is 2.95 bits per heavy atom. The van der Waals surface area contributed by atoms with Gasteiger partial charge in [0.15, 0.2) is 5.11 Å². The van der Waals surface area contributed by atoms with E-state index in [9.17, 15) is 9.59 Å². The minimum atomic E-state index is -0.456. The number of fused-ring (bicyclic) bond motifs is 1. The number of carbonyl (C=O) groups is 2. The summed E-state index contributed by atoms with van der Waals surface area (Å²) in [5.74, 6) is -0.845. The van der Waals surface area contributed by atoms with E-state index in [1.54, 1.807) is 34.8 Å². The van der Waals surface area contributed by atoms with Crippen LogP contribution in [0.4, 0.5) is 0 Å². The molecule has 1 aliphatic rings. The average Bonchev–Trinajstić information content (AvgIpc) is 3.00. The lowest BCUT2D eigenvalue weighted by atomic mass is 10.1. The van der Waals surface area contributed by atoms with Crippen molar-refractivity contribution in [2.75, 3.05) is 6.54 Å². The Morgan fingerprint density at radius 1 is 1.43 bits per heavy atom. The summed E-state index contributed by atoms with van der Waals surface area (Å²) in [7, 11) is 0. The van der Waals surface area contributed by atoms with Gasteiger partial charge >= 0.3 is 0 Å². The van der Waals surface area contributed by atoms with Gasteiger partial charge in [-0.05, 0) is 35.8 Å². The van der Waals surface area contributed by atoms with Crippen LogP contribution in [0.3, 0.4) is 0 Å². The second kappa shape index (κ2) is 5.51. The van der Waals surface area contributed by atoms with Gasteiger partial charge in [-0.25, -0.2) is 0 Å². The predicted molar refractivity (Wildman–Crippen MR) is 90.3 cm³/mol. The van der Waals surface area contributed by atoms with Crippen molar-refractivity contribution in [3.8, 4) is 0 Å². The first-order valence-electron chi connectivity index (χ1n) is 6.07. The van der Waals surface area contributed by atoms with E-state index in [1.807, 2.05) is 17.5 Å². The van der Waals surface area contributed by atoms with Gasteiger partial charge in [0, 0.05) is 16.8 Å². The number of nitrogens with zero attached hydrogens (tertiary/aromatic N) is 1. The van der Waals surface area contributed by atoms with Crippen LogP contribution in [0.25, 0.3) is 15.5 Å². The van der Waals surface area contributed by atoms with Crippen molar-refractivity contribution in [1.29, 1.82) is 0 Å². The van der Waals surface area contributed by atoms with Crippen LogP contribution >= 0.6 is 34.9 Å². The van der Waals surface area contributed by atoms with E-state index in [0.29, 0.717) is 0 Å². The summed E-state index contributed by atoms with van der Waals surface area (Å²) in [6.45, 7) is 3.86. The second-order valence-electron chi connectivity index (χ2n) is 4.33. The SMILES string of the molecule is C=CCN1C(=O)/C(=C/c2cc3ccsc3s2)C(=O)NC1=S. The Bertz CT molecular complexity index is 772. The van der Waals surface area contributed by atoms with Crippen molar-refractivity contribution >= 4 is 67.3 Å². The van der Waals surface area contributed by atoms with Gasteiger partial charge in [-0.1, -0.05) is 6.08 Å². The lowest BCUT2D eigenvalue weighted by molar-refractivity contribution is -0.128. The van der Waals surface area contributed by atoms with E-state index in [1.165, 1.54) is 8.91 Å². The van der Waals surface area contributed by atoms with Crippen LogP contribution < -0.4 is 5.32 Å². The molecule has 3 rings (SSSR count). The summed E-state index contributed by atoms with van der Waals surface area (Å²) in [6, 6.07) is 3.98. The maximum absolute atomic E-state index is 12.4. The van der Waals surface area contributed by atoms with Gasteiger partial charge in [0.25, 0.3) is 11.8 Å². The van der Waals surface area contributed by atoms with Crippen LogP contribution in [0, 0.1) is 0 Å². The summed E-state index contributed by atoms with van der Waals surface area (Å²) in [6.07, 6.45) is 3.19. The normalized spacial score (nSPS) is 17.6. The Morgan fingerprint density at radius 2 is 2.24 bits per heavy atom. The smallest absolute Gasteiger partial charge is 0.265 e. The summed E-state index contributed by atoms with van der Waals surface area (Å²) in [5.41, 5.74) is 0.0966. The predicted octanol–water partition coefficient (Wildman–Crippen LogP) is 2.78. The molecule has 2 aromatic heterocycles. The first kappa shape index (κ1) is 14.1. The van der Waals surface area contributed by atoms with Gasteiger partial charge in [-0.2, -0.15) is 0 Å². The van der Waals surface area contributed by atoms with E-state index in [2.05, 4.69) is 11.9 Å². The van der Waals surface area contributed by atoms with E-state index < -0.39 is 5.91 Å². The average molecular weight is 334 g/mol. The molecule has 1 fully saturated rings. The molecular formula is C14H10N2O2S3. The maximum atomic E-state index is 12.4. The highest BCUT2D eigenvalue weighted by molar-refractivity contribution is 7.80. The van der Waals surface area contributed by atoms with E-state index >= 15 is 0 Å². The molecule has 7 heteroatoms. The molecule has 3 heterocycles. The topological polar surface area (TPSA) is 49.4 Å². The van der Waals surface area contributed by atoms with Gasteiger partial charge < -0.3 is 0 Å². The zero-order valence-electron chi connectivity index (χ0n) is 10.8. The molecule has 0 bridgehead atoms. The quantitative estimate of drug-likeness (QED) is 0.406. The third kappa shape index (κ3) is 2.55. The largest absolute Gasteiger partial charge is 0.298 e. The number of amides is 2. The fourth-order valence-electron chi connectivity index (χ4n) is 1.99. The molecule has 4 nitrogen and oxygen atoms in total. The Kier molecular flexibility index (Phi) is 3.71. The molecule has 0 aromatic carbocycles. The molecule has 0 saturated carbocycles. The van der Waals surface area contributed by atoms with Crippen LogP contribution in [0.2, 0.25) is 0 Å². The Balaban J connectivity index is 1.98. The second-order valence-corrected chi connectivity index (χ2v) is 6.98. The number of nitrogens with one attached hydrogen (secondary N) is 1. The van der Waals surface area contributed by atoms with Crippen LogP contribution in [-0.4, -0.2) is 28.4 Å². The Hall–Kier alpha value is -1.83. The van der Waals surface area contributed by atoms with Gasteiger partial charge in [0.2, 0.25) is 0 Å². The zero-order valence-corrected chi connectivity index (χ0v) is 13.2. The van der Waals surface area contributed by atoms with Crippen molar-refractivity contribution in [1.82, 2.24) is 10.2 Å². The first-order chi connectivity index (χ1) is 10.1. The standard InChI is InChI=1S/C14H10N2O2S3/c1-2-4-16-12(18)10(11(17)15-14(16)19)7-9-6-8-3-5-20-13(8)21-9/h2-3,5-7H,1,4H2,(H,15,17,19)/b10-7+. The molecule has 0 spiro atoms. The molecule has 2 aromatic rings. The lowest BCUT2D eigenvalue weighted by Gasteiger charge is -2.27. The van der Waals surface area contributed by atoms with Gasteiger partial charge in [0.05, 0.1) is 4.01 Å². The van der Waals surface area contributed by atoms with Crippen LogP contribution in [-0.2, 0) is 9.59 Å². The van der Waals surface area contributed by atoms with Gasteiger partial charge in [0.1, 0.15) is 5.57 Å². The molecule has 1 saturated heterocycles. The third-order valence-electron chi connectivity index (χ3n) is 2.95. The van der Waals surface area contributed by atoms with Crippen molar-refractivity contribution in [3.05, 3.63) is 40.6 Å². The number of carbonyl (C=O) groups excluding carboxylic acids is 2. The van der Waals surface area contributed by atoms with Crippen molar-refractivity contribution in [2.45, 2.75) is 0 Å². The highest BCUT2D eigenvalue weighted by Crippen LogP contribution is 2.32. The fourth-order valence-corrected chi connectivity index (χ4v) is 4.31. The molecule has 21 heavy (non-hydrogen) atoms. The van der Waals surface area contributed by atoms with Gasteiger partial charge in [-0.3, -0.25) is 19.8 Å². The highest BCUT2D eigenvalue weighted by Gasteiger charge is 2.32. The number of hydrogen-bond acceptors (Lipinski definition) is 5. The fraction of sp³-hybridized carbons (Fsp3) is 0.0714. The van der Waals surface area contributed by atoms with Crippen molar-refractivity contribution < 1.29 is 9.59 Å². The minimum Gasteiger partial charge on any atom is -0.298 e. The summed E-state index contributed by atoms with van der Waals surface area (Å²) >= 11 is 8.20. The molecule has 0 atom stereocenters. The maximum Gasteiger partial charge on any atom is 0.265 e. The molecule has 0 aliphatic carbocycles. The lowest BCUT2D eigenvalue weighted by Crippen LogP contribution is -2.53. The molecule has 0 unspecified atom stereocenters. The van der Waals surface area contributed by atoms with E-state index in [-0.39, 0.29) is 23.1 Å². The molecule has 1 N–H and O–H groups in total. The van der Waals surface area contributed by atoms with E-state index in [0.717, 1.165) is 10.3 Å². The Labute approximate surface area is 134 Å². The van der Waals surface area contributed by atoms with Crippen LogP contribution in [0.1, 0.15) is 4.88 Å². The zero-order chi connectivity index (χ0) is 15.0. The summed E-state index contributed by atoms with van der Waals surface area (Å²) < 4.78 is 1.17. The molecule has 0 radical (unpaired) electrons. The molecule has 1 aliphatic heterocycles. The number of rotatable bonds is 3. The minimum absolute atomic E-state index is 0.0966.